The van der Waals surface area contributed by atoms with E-state index >= 15 is 0 Å². The molecule has 9 nitrogen and oxygen atoms in total. The van der Waals surface area contributed by atoms with E-state index in [4.69, 9.17) is 26.6 Å². The summed E-state index contributed by atoms with van der Waals surface area (Å²) in [5.74, 6) is 0.647. The molecule has 4 aromatic rings. The molecule has 11 heteroatoms. The molecular weight excluding hydrogens is 496 g/mol. The van der Waals surface area contributed by atoms with Crippen LogP contribution in [0.3, 0.4) is 0 Å². The number of nitrogens with two attached hydrogens (primary N) is 2. The van der Waals surface area contributed by atoms with Gasteiger partial charge in [-0.25, -0.2) is 18.1 Å². The summed E-state index contributed by atoms with van der Waals surface area (Å²) in [5, 5.41) is 11.5. The molecule has 0 fully saturated rings. The molecule has 1 atom stereocenters. The maximum absolute atomic E-state index is 13.5. The fourth-order valence-electron chi connectivity index (χ4n) is 3.72. The average molecular weight is 525 g/mol. The summed E-state index contributed by atoms with van der Waals surface area (Å²) in [4.78, 5) is 4.85. The summed E-state index contributed by atoms with van der Waals surface area (Å²) in [6, 6.07) is 18.7. The van der Waals surface area contributed by atoms with E-state index in [0.717, 1.165) is 15.8 Å². The van der Waals surface area contributed by atoms with E-state index in [1.54, 1.807) is 49.6 Å². The fraction of sp³-hybridized carbons (Fsp3) is 0.200. The Bertz CT molecular complexity index is 1490. The second kappa shape index (κ2) is 11.0. The smallest absolute Gasteiger partial charge is 0.241 e. The van der Waals surface area contributed by atoms with Gasteiger partial charge in [0.25, 0.3) is 0 Å². The number of nitrogens with one attached hydrogen (secondary N) is 3. The number of aromatic nitrogens is 1. The number of nitrogens with zero attached hydrogens (tertiary/aromatic N) is 1. The van der Waals surface area contributed by atoms with Crippen molar-refractivity contribution in [3.63, 3.8) is 0 Å². The van der Waals surface area contributed by atoms with Crippen molar-refractivity contribution < 1.29 is 13.2 Å². The van der Waals surface area contributed by atoms with Gasteiger partial charge in [-0.15, -0.1) is 11.3 Å². The Morgan fingerprint density at radius 3 is 2.69 bits per heavy atom. The Morgan fingerprint density at radius 2 is 1.94 bits per heavy atom. The van der Waals surface area contributed by atoms with Gasteiger partial charge in [-0.3, -0.25) is 5.41 Å². The number of rotatable bonds is 11. The van der Waals surface area contributed by atoms with Crippen molar-refractivity contribution in [3.05, 3.63) is 82.9 Å². The van der Waals surface area contributed by atoms with Crippen LogP contribution < -0.4 is 26.2 Å². The Hall–Kier alpha value is -3.51. The van der Waals surface area contributed by atoms with Gasteiger partial charge in [0.05, 0.1) is 28.3 Å². The Balaban J connectivity index is 1.71. The molecule has 0 radical (unpaired) electrons. The molecule has 3 aromatic carbocycles. The number of ether oxygens (including phenoxy) is 1. The third kappa shape index (κ3) is 6.00. The van der Waals surface area contributed by atoms with Crippen molar-refractivity contribution in [1.82, 2.24) is 9.71 Å². The Labute approximate surface area is 214 Å². The number of amidine groups is 1. The minimum Gasteiger partial charge on any atom is -0.497 e. The van der Waals surface area contributed by atoms with Crippen LogP contribution in [0.4, 0.5) is 5.69 Å². The van der Waals surface area contributed by atoms with Crippen LogP contribution in [0.2, 0.25) is 0 Å². The van der Waals surface area contributed by atoms with Crippen molar-refractivity contribution in [2.24, 2.45) is 11.5 Å². The highest BCUT2D eigenvalue weighted by Gasteiger charge is 2.25. The molecule has 0 bridgehead atoms. The number of sulfonamides is 1. The summed E-state index contributed by atoms with van der Waals surface area (Å²) in [5.41, 5.74) is 14.0. The van der Waals surface area contributed by atoms with Crippen LogP contribution >= 0.6 is 11.3 Å². The molecule has 0 amide bonds. The fourth-order valence-corrected chi connectivity index (χ4v) is 6.09. The van der Waals surface area contributed by atoms with Crippen LogP contribution in [0.5, 0.6) is 5.75 Å². The molecule has 1 unspecified atom stereocenters. The van der Waals surface area contributed by atoms with Crippen LogP contribution in [0.25, 0.3) is 10.2 Å². The summed E-state index contributed by atoms with van der Waals surface area (Å²) >= 11 is 1.40. The van der Waals surface area contributed by atoms with Gasteiger partial charge in [0.15, 0.2) is 0 Å². The lowest BCUT2D eigenvalue weighted by Crippen LogP contribution is -2.30. The van der Waals surface area contributed by atoms with E-state index < -0.39 is 16.1 Å². The number of fused-ring (bicyclic) bond motifs is 1. The highest BCUT2D eigenvalue weighted by molar-refractivity contribution is 7.89. The summed E-state index contributed by atoms with van der Waals surface area (Å²) in [7, 11) is -2.30. The molecular formula is C25H28N6O3S2. The molecule has 1 heterocycles. The molecule has 0 aliphatic heterocycles. The number of methoxy groups -OCH3 is 1. The minimum atomic E-state index is -3.90. The molecule has 0 aliphatic carbocycles. The first-order chi connectivity index (χ1) is 17.3. The number of benzene rings is 3. The third-order valence-corrected chi connectivity index (χ3v) is 8.10. The van der Waals surface area contributed by atoms with Gasteiger partial charge in [0, 0.05) is 24.3 Å². The zero-order valence-corrected chi connectivity index (χ0v) is 21.3. The standard InChI is InChI=1S/C25H28N6O3S2/c1-34-19-8-9-21-23(15-19)35-25(30-21)22(13-16-4-2-5-17(12-16)24(27)28)31-36(32,33)20-7-3-6-18(14-20)29-11-10-26/h2-9,12,14-15,22,29,31H,10-11,13,26H2,1H3,(H3,27,28). The zero-order valence-electron chi connectivity index (χ0n) is 19.7. The lowest BCUT2D eigenvalue weighted by molar-refractivity contribution is 0.415. The average Bonchev–Trinajstić information content (AvgIpc) is 3.31. The van der Waals surface area contributed by atoms with Gasteiger partial charge >= 0.3 is 0 Å². The third-order valence-electron chi connectivity index (χ3n) is 5.50. The molecule has 0 saturated heterocycles. The van der Waals surface area contributed by atoms with E-state index in [2.05, 4.69) is 10.0 Å². The second-order valence-electron chi connectivity index (χ2n) is 8.12. The second-order valence-corrected chi connectivity index (χ2v) is 10.9. The minimum absolute atomic E-state index is 0.0529. The summed E-state index contributed by atoms with van der Waals surface area (Å²) in [6.07, 6.45) is 0.322. The lowest BCUT2D eigenvalue weighted by Gasteiger charge is -2.18. The quantitative estimate of drug-likeness (QED) is 0.149. The van der Waals surface area contributed by atoms with Crippen molar-refractivity contribution in [2.75, 3.05) is 25.5 Å². The molecule has 4 rings (SSSR count). The number of anilines is 1. The molecule has 0 aliphatic rings. The summed E-state index contributed by atoms with van der Waals surface area (Å²) < 4.78 is 36.0. The zero-order chi connectivity index (χ0) is 25.7. The van der Waals surface area contributed by atoms with Crippen LogP contribution in [-0.2, 0) is 16.4 Å². The summed E-state index contributed by atoms with van der Waals surface area (Å²) in [6.45, 7) is 0.959. The van der Waals surface area contributed by atoms with E-state index in [0.29, 0.717) is 41.5 Å². The lowest BCUT2D eigenvalue weighted by atomic mass is 10.0. The number of nitrogen functional groups attached to an aromatic ring is 1. The van der Waals surface area contributed by atoms with Gasteiger partial charge in [0.2, 0.25) is 10.0 Å². The first-order valence-electron chi connectivity index (χ1n) is 11.2. The topological polar surface area (TPSA) is 156 Å². The van der Waals surface area contributed by atoms with Crippen LogP contribution in [-0.4, -0.2) is 39.4 Å². The predicted molar refractivity (Wildman–Crippen MR) is 144 cm³/mol. The van der Waals surface area contributed by atoms with Crippen molar-refractivity contribution in [1.29, 1.82) is 5.41 Å². The predicted octanol–water partition coefficient (Wildman–Crippen LogP) is 3.22. The van der Waals surface area contributed by atoms with Gasteiger partial charge < -0.3 is 21.5 Å². The van der Waals surface area contributed by atoms with E-state index in [1.165, 1.54) is 11.3 Å². The number of thiazole rings is 1. The van der Waals surface area contributed by atoms with Crippen LogP contribution in [0.15, 0.2) is 71.6 Å². The molecule has 0 saturated carbocycles. The molecule has 7 N–H and O–H groups in total. The SMILES string of the molecule is COc1ccc2nc(C(Cc3cccc(C(=N)N)c3)NS(=O)(=O)c3cccc(NCCN)c3)sc2c1. The van der Waals surface area contributed by atoms with Gasteiger partial charge in [-0.2, -0.15) is 0 Å². The van der Waals surface area contributed by atoms with Gasteiger partial charge in [0.1, 0.15) is 16.6 Å². The van der Waals surface area contributed by atoms with Crippen LogP contribution in [0.1, 0.15) is 22.2 Å². The molecule has 1 aromatic heterocycles. The van der Waals surface area contributed by atoms with E-state index in [1.807, 2.05) is 24.3 Å². The van der Waals surface area contributed by atoms with Gasteiger partial charge in [-0.05, 0) is 54.4 Å². The normalized spacial score (nSPS) is 12.4. The Morgan fingerprint density at radius 1 is 1.14 bits per heavy atom. The van der Waals surface area contributed by atoms with Crippen molar-refractivity contribution >= 4 is 43.1 Å². The van der Waals surface area contributed by atoms with Crippen LogP contribution in [0, 0.1) is 5.41 Å². The molecule has 188 valence electrons. The molecule has 36 heavy (non-hydrogen) atoms. The number of hydrogen-bond donors (Lipinski definition) is 5. The maximum Gasteiger partial charge on any atom is 0.241 e. The monoisotopic (exact) mass is 524 g/mol. The van der Waals surface area contributed by atoms with Crippen molar-refractivity contribution in [3.8, 4) is 5.75 Å². The maximum atomic E-state index is 13.5. The highest BCUT2D eigenvalue weighted by atomic mass is 32.2. The largest absolute Gasteiger partial charge is 0.497 e. The highest BCUT2D eigenvalue weighted by Crippen LogP contribution is 2.32. The Kier molecular flexibility index (Phi) is 7.85. The first kappa shape index (κ1) is 25.6. The van der Waals surface area contributed by atoms with E-state index in [9.17, 15) is 8.42 Å². The van der Waals surface area contributed by atoms with E-state index in [-0.39, 0.29) is 10.7 Å². The first-order valence-corrected chi connectivity index (χ1v) is 13.5. The molecule has 0 spiro atoms. The van der Waals surface area contributed by atoms with Gasteiger partial charge in [-0.1, -0.05) is 24.3 Å². The van der Waals surface area contributed by atoms with Crippen molar-refractivity contribution in [2.45, 2.75) is 17.4 Å². The number of hydrogen-bond acceptors (Lipinski definition) is 8.